The molecule has 0 aliphatic heterocycles. The Kier molecular flexibility index (Phi) is 1.94. The monoisotopic (exact) mass is 179 g/mol. The molecule has 0 aromatic carbocycles. The first-order valence-corrected chi connectivity index (χ1v) is 5.02. The number of aryl methyl sites for hydroxylation is 1. The normalized spacial score (nSPS) is 22.8. The van der Waals surface area contributed by atoms with Gasteiger partial charge in [-0.15, -0.1) is 0 Å². The summed E-state index contributed by atoms with van der Waals surface area (Å²) in [6, 6.07) is 0. The third kappa shape index (κ3) is 1.50. The molecule has 1 aromatic rings. The number of fused-ring (bicyclic) bond motifs is 1. The molecule has 0 amide bonds. The maximum absolute atomic E-state index is 5.04. The summed E-state index contributed by atoms with van der Waals surface area (Å²) >= 11 is 0. The van der Waals surface area contributed by atoms with Crippen LogP contribution >= 0.6 is 0 Å². The van der Waals surface area contributed by atoms with Gasteiger partial charge < -0.3 is 4.52 Å². The lowest BCUT2D eigenvalue weighted by Crippen LogP contribution is -2.22. The Hall–Kier alpha value is -0.790. The third-order valence-corrected chi connectivity index (χ3v) is 2.99. The second kappa shape index (κ2) is 2.86. The van der Waals surface area contributed by atoms with Gasteiger partial charge in [0, 0.05) is 11.5 Å². The Morgan fingerprint density at radius 1 is 1.46 bits per heavy atom. The van der Waals surface area contributed by atoms with Gasteiger partial charge in [0.1, 0.15) is 6.26 Å². The van der Waals surface area contributed by atoms with Crippen molar-refractivity contribution in [2.24, 2.45) is 5.41 Å². The van der Waals surface area contributed by atoms with Crippen LogP contribution in [0.1, 0.15) is 50.8 Å². The minimum absolute atomic E-state index is 0.312. The molecule has 1 heterocycles. The lowest BCUT2D eigenvalue weighted by molar-refractivity contribution is 0.275. The summed E-state index contributed by atoms with van der Waals surface area (Å²) in [6.07, 6.45) is 5.48. The van der Waals surface area contributed by atoms with E-state index in [1.165, 1.54) is 24.1 Å². The fourth-order valence-corrected chi connectivity index (χ4v) is 2.22. The highest BCUT2D eigenvalue weighted by atomic mass is 16.5. The van der Waals surface area contributed by atoms with E-state index in [0.29, 0.717) is 11.3 Å². The molecule has 0 saturated carbocycles. The zero-order valence-corrected chi connectivity index (χ0v) is 8.63. The van der Waals surface area contributed by atoms with E-state index in [1.54, 1.807) is 0 Å². The Bertz CT molecular complexity index is 295. The highest BCUT2D eigenvalue weighted by Crippen LogP contribution is 2.42. The van der Waals surface area contributed by atoms with Gasteiger partial charge in [-0.25, -0.2) is 0 Å². The van der Waals surface area contributed by atoms with Gasteiger partial charge in [0.2, 0.25) is 0 Å². The molecule has 0 radical (unpaired) electrons. The van der Waals surface area contributed by atoms with Crippen molar-refractivity contribution < 1.29 is 4.52 Å². The molecule has 72 valence electrons. The predicted octanol–water partition coefficient (Wildman–Crippen LogP) is 3.14. The van der Waals surface area contributed by atoms with Crippen LogP contribution < -0.4 is 0 Å². The topological polar surface area (TPSA) is 26.0 Å². The molecule has 0 saturated heterocycles. The molecule has 0 bridgehead atoms. The molecular formula is C11H17NO. The van der Waals surface area contributed by atoms with Crippen molar-refractivity contribution in [3.05, 3.63) is 17.5 Å². The van der Waals surface area contributed by atoms with Gasteiger partial charge in [-0.3, -0.25) is 0 Å². The lowest BCUT2D eigenvalue weighted by atomic mass is 9.72. The minimum Gasteiger partial charge on any atom is -0.364 e. The molecule has 1 unspecified atom stereocenters. The second-order valence-electron chi connectivity index (χ2n) is 5.04. The van der Waals surface area contributed by atoms with Crippen LogP contribution in [0.25, 0.3) is 0 Å². The second-order valence-corrected chi connectivity index (χ2v) is 5.04. The minimum atomic E-state index is 0.312. The molecule has 1 aliphatic carbocycles. The van der Waals surface area contributed by atoms with Crippen molar-refractivity contribution in [2.75, 3.05) is 0 Å². The molecule has 13 heavy (non-hydrogen) atoms. The summed E-state index contributed by atoms with van der Waals surface area (Å²) in [5.41, 5.74) is 2.84. The molecule has 2 rings (SSSR count). The summed E-state index contributed by atoms with van der Waals surface area (Å²) < 4.78 is 5.04. The number of nitrogens with zero attached hydrogens (tertiary/aromatic N) is 1. The zero-order valence-electron chi connectivity index (χ0n) is 8.63. The SMILES string of the molecule is CC(C)(C)C1CCCc2conc21. The molecule has 1 atom stereocenters. The van der Waals surface area contributed by atoms with E-state index in [4.69, 9.17) is 4.52 Å². The van der Waals surface area contributed by atoms with Gasteiger partial charge in [0.15, 0.2) is 0 Å². The fraction of sp³-hybridized carbons (Fsp3) is 0.727. The number of hydrogen-bond donors (Lipinski definition) is 0. The Labute approximate surface area is 79.3 Å². The molecule has 0 fully saturated rings. The van der Waals surface area contributed by atoms with Gasteiger partial charge in [0.05, 0.1) is 5.69 Å². The van der Waals surface area contributed by atoms with Crippen LogP contribution in [0.4, 0.5) is 0 Å². The molecule has 2 heteroatoms. The predicted molar refractivity (Wildman–Crippen MR) is 51.6 cm³/mol. The van der Waals surface area contributed by atoms with Crippen LogP contribution in [-0.4, -0.2) is 5.16 Å². The first kappa shape index (κ1) is 8.79. The quantitative estimate of drug-likeness (QED) is 0.611. The van der Waals surface area contributed by atoms with Gasteiger partial charge in [0.25, 0.3) is 0 Å². The maximum atomic E-state index is 5.04. The fourth-order valence-electron chi connectivity index (χ4n) is 2.22. The van der Waals surface area contributed by atoms with Crippen LogP contribution in [0.2, 0.25) is 0 Å². The van der Waals surface area contributed by atoms with Crippen molar-refractivity contribution in [2.45, 2.75) is 46.0 Å². The summed E-state index contributed by atoms with van der Waals surface area (Å²) in [5, 5.41) is 4.13. The summed E-state index contributed by atoms with van der Waals surface area (Å²) in [6.45, 7) is 6.84. The van der Waals surface area contributed by atoms with Crippen LogP contribution in [0.5, 0.6) is 0 Å². The largest absolute Gasteiger partial charge is 0.364 e. The number of rotatable bonds is 0. The van der Waals surface area contributed by atoms with E-state index in [1.807, 2.05) is 6.26 Å². The van der Waals surface area contributed by atoms with E-state index >= 15 is 0 Å². The maximum Gasteiger partial charge on any atom is 0.127 e. The van der Waals surface area contributed by atoms with Gasteiger partial charge >= 0.3 is 0 Å². The number of hydrogen-bond acceptors (Lipinski definition) is 2. The highest BCUT2D eigenvalue weighted by molar-refractivity contribution is 5.23. The van der Waals surface area contributed by atoms with Gasteiger partial charge in [-0.1, -0.05) is 25.9 Å². The Morgan fingerprint density at radius 3 is 2.92 bits per heavy atom. The summed E-state index contributed by atoms with van der Waals surface area (Å²) in [4.78, 5) is 0. The molecule has 0 N–H and O–H groups in total. The lowest BCUT2D eigenvalue weighted by Gasteiger charge is -2.32. The van der Waals surface area contributed by atoms with Crippen molar-refractivity contribution in [1.82, 2.24) is 5.16 Å². The van der Waals surface area contributed by atoms with Gasteiger partial charge in [-0.2, -0.15) is 0 Å². The van der Waals surface area contributed by atoms with E-state index in [2.05, 4.69) is 25.9 Å². The number of aromatic nitrogens is 1. The van der Waals surface area contributed by atoms with Crippen molar-refractivity contribution in [3.63, 3.8) is 0 Å². The van der Waals surface area contributed by atoms with Crippen LogP contribution in [0.15, 0.2) is 10.8 Å². The Balaban J connectivity index is 2.35. The third-order valence-electron chi connectivity index (χ3n) is 2.99. The first-order valence-electron chi connectivity index (χ1n) is 5.02. The zero-order chi connectivity index (χ0) is 9.47. The molecular weight excluding hydrogens is 162 g/mol. The van der Waals surface area contributed by atoms with E-state index in [9.17, 15) is 0 Å². The first-order chi connectivity index (χ1) is 6.09. The van der Waals surface area contributed by atoms with Gasteiger partial charge in [-0.05, 0) is 24.7 Å². The van der Waals surface area contributed by atoms with Crippen LogP contribution in [0.3, 0.4) is 0 Å². The molecule has 2 nitrogen and oxygen atoms in total. The summed E-state index contributed by atoms with van der Waals surface area (Å²) in [5.74, 6) is 0.579. The van der Waals surface area contributed by atoms with E-state index in [-0.39, 0.29) is 0 Å². The smallest absolute Gasteiger partial charge is 0.127 e. The molecule has 1 aliphatic rings. The molecule has 0 spiro atoms. The summed E-state index contributed by atoms with van der Waals surface area (Å²) in [7, 11) is 0. The van der Waals surface area contributed by atoms with Crippen molar-refractivity contribution in [1.29, 1.82) is 0 Å². The Morgan fingerprint density at radius 2 is 2.23 bits per heavy atom. The average Bonchev–Trinajstić information content (AvgIpc) is 2.48. The molecule has 1 aromatic heterocycles. The van der Waals surface area contributed by atoms with Crippen molar-refractivity contribution in [3.8, 4) is 0 Å². The standard InChI is InChI=1S/C11H17NO/c1-11(2,3)9-6-4-5-8-7-13-12-10(8)9/h7,9H,4-6H2,1-3H3. The van der Waals surface area contributed by atoms with Crippen LogP contribution in [0, 0.1) is 5.41 Å². The van der Waals surface area contributed by atoms with E-state index < -0.39 is 0 Å². The highest BCUT2D eigenvalue weighted by Gasteiger charge is 2.32. The van der Waals surface area contributed by atoms with Crippen molar-refractivity contribution >= 4 is 0 Å². The average molecular weight is 179 g/mol. The van der Waals surface area contributed by atoms with E-state index in [0.717, 1.165) is 6.42 Å². The van der Waals surface area contributed by atoms with Crippen LogP contribution in [-0.2, 0) is 6.42 Å².